The predicted octanol–water partition coefficient (Wildman–Crippen LogP) is 2.27. The van der Waals surface area contributed by atoms with Crippen molar-refractivity contribution in [2.24, 2.45) is 17.8 Å². The number of thioether (sulfide) groups is 1. The second kappa shape index (κ2) is 10.1. The number of hydrogen-bond donors (Lipinski definition) is 1. The maximum absolute atomic E-state index is 14.3. The molecule has 8 nitrogen and oxygen atoms in total. The van der Waals surface area contributed by atoms with E-state index in [-0.39, 0.29) is 49.3 Å². The molecule has 3 unspecified atom stereocenters. The molecule has 188 valence electrons. The number of carbonyl (C=O) groups is 3. The van der Waals surface area contributed by atoms with Crippen molar-refractivity contribution in [3.05, 3.63) is 49.6 Å². The molecule has 1 aromatic rings. The van der Waals surface area contributed by atoms with Crippen LogP contribution in [-0.4, -0.2) is 77.2 Å². The van der Waals surface area contributed by atoms with Crippen LogP contribution in [0.2, 0.25) is 0 Å². The summed E-state index contributed by atoms with van der Waals surface area (Å²) in [5.41, 5.74) is 0.652. The molecule has 2 bridgehead atoms. The summed E-state index contributed by atoms with van der Waals surface area (Å²) in [7, 11) is 1.57. The Kier molecular flexibility index (Phi) is 7.28. The molecule has 35 heavy (non-hydrogen) atoms. The number of carbonyl (C=O) groups excluding carboxylic acids is 3. The van der Waals surface area contributed by atoms with Crippen LogP contribution in [-0.2, 0) is 19.1 Å². The van der Waals surface area contributed by atoms with Crippen LogP contribution in [0.3, 0.4) is 0 Å². The largest absolute Gasteiger partial charge is 0.497 e. The Morgan fingerprint density at radius 1 is 1.29 bits per heavy atom. The lowest BCUT2D eigenvalue weighted by atomic mass is 9.66. The lowest BCUT2D eigenvalue weighted by Gasteiger charge is -2.40. The van der Waals surface area contributed by atoms with Gasteiger partial charge in [0.25, 0.3) is 5.91 Å². The molecule has 0 aliphatic carbocycles. The van der Waals surface area contributed by atoms with Crippen LogP contribution in [0.1, 0.15) is 13.3 Å². The number of nitrogens with zero attached hydrogens (tertiary/aromatic N) is 2. The third-order valence-corrected chi connectivity index (χ3v) is 9.47. The van der Waals surface area contributed by atoms with E-state index in [1.165, 1.54) is 11.0 Å². The molecule has 1 spiro atoms. The predicted molar refractivity (Wildman–Crippen MR) is 134 cm³/mol. The third kappa shape index (κ3) is 3.94. The van der Waals surface area contributed by atoms with Crippen LogP contribution in [0.4, 0.5) is 5.69 Å². The number of aliphatic hydroxyl groups is 1. The first kappa shape index (κ1) is 25.3. The molecule has 3 fully saturated rings. The van der Waals surface area contributed by atoms with Crippen LogP contribution in [0.5, 0.6) is 5.75 Å². The Labute approximate surface area is 209 Å². The fourth-order valence-electron chi connectivity index (χ4n) is 6.01. The van der Waals surface area contributed by atoms with E-state index in [1.807, 2.05) is 6.92 Å². The van der Waals surface area contributed by atoms with Crippen molar-refractivity contribution in [2.75, 3.05) is 38.3 Å². The van der Waals surface area contributed by atoms with Crippen LogP contribution < -0.4 is 9.64 Å². The van der Waals surface area contributed by atoms with Gasteiger partial charge in [0.2, 0.25) is 5.91 Å². The third-order valence-electron chi connectivity index (χ3n) is 7.40. The Balaban J connectivity index is 1.76. The van der Waals surface area contributed by atoms with E-state index in [1.54, 1.807) is 54.1 Å². The zero-order valence-corrected chi connectivity index (χ0v) is 20.9. The van der Waals surface area contributed by atoms with Gasteiger partial charge in [-0.15, -0.1) is 18.3 Å². The minimum atomic E-state index is -0.823. The second-order valence-corrected chi connectivity index (χ2v) is 10.7. The highest BCUT2D eigenvalue weighted by molar-refractivity contribution is 8.02. The molecule has 3 aliphatic rings. The number of hydrogen-bond acceptors (Lipinski definition) is 7. The van der Waals surface area contributed by atoms with Crippen LogP contribution in [0, 0.1) is 17.8 Å². The number of aliphatic hydroxyl groups excluding tert-OH is 1. The van der Waals surface area contributed by atoms with Gasteiger partial charge in [0.15, 0.2) is 0 Å². The van der Waals surface area contributed by atoms with Gasteiger partial charge in [0.05, 0.1) is 30.3 Å². The molecule has 9 heteroatoms. The molecule has 2 amide bonds. The van der Waals surface area contributed by atoms with Gasteiger partial charge in [-0.25, -0.2) is 0 Å². The van der Waals surface area contributed by atoms with Gasteiger partial charge in [0, 0.05) is 24.0 Å². The first-order valence-corrected chi connectivity index (χ1v) is 12.7. The Bertz CT molecular complexity index is 1010. The van der Waals surface area contributed by atoms with Crippen molar-refractivity contribution in [3.63, 3.8) is 0 Å². The number of fused-ring (bicyclic) bond motifs is 1. The van der Waals surface area contributed by atoms with Crippen molar-refractivity contribution in [2.45, 2.75) is 29.4 Å². The normalized spacial score (nSPS) is 30.7. The SMILES string of the molecule is C=CCOC(=O)[C@@H]1[C@@H]2CC(C)C3(S2)C(C(=O)N(CC=C)c2ccc(OC)cc2)N(CCO)C(=O)[C@H]13. The van der Waals surface area contributed by atoms with Crippen molar-refractivity contribution in [1.82, 2.24) is 4.90 Å². The highest BCUT2D eigenvalue weighted by atomic mass is 32.2. The lowest BCUT2D eigenvalue weighted by molar-refractivity contribution is -0.153. The first-order chi connectivity index (χ1) is 16.8. The molecule has 6 atom stereocenters. The zero-order chi connectivity index (χ0) is 25.3. The molecule has 1 aromatic carbocycles. The summed E-state index contributed by atoms with van der Waals surface area (Å²) >= 11 is 1.57. The number of likely N-dealkylation sites (tertiary alicyclic amines) is 1. The molecule has 3 heterocycles. The monoisotopic (exact) mass is 500 g/mol. The number of ether oxygens (including phenoxy) is 2. The minimum absolute atomic E-state index is 0.0183. The van der Waals surface area contributed by atoms with E-state index >= 15 is 0 Å². The Hall–Kier alpha value is -2.78. The van der Waals surface area contributed by atoms with Gasteiger partial charge >= 0.3 is 5.97 Å². The second-order valence-electron chi connectivity index (χ2n) is 9.16. The number of esters is 1. The van der Waals surface area contributed by atoms with E-state index in [0.717, 1.165) is 0 Å². The van der Waals surface area contributed by atoms with Crippen LogP contribution >= 0.6 is 11.8 Å². The molecule has 0 aromatic heterocycles. The average Bonchev–Trinajstić information content (AvgIpc) is 3.45. The molecule has 0 saturated carbocycles. The van der Waals surface area contributed by atoms with Gasteiger partial charge < -0.3 is 24.4 Å². The summed E-state index contributed by atoms with van der Waals surface area (Å²) in [5, 5.41) is 9.69. The molecular formula is C26H32N2O6S. The number of benzene rings is 1. The van der Waals surface area contributed by atoms with Gasteiger partial charge in [-0.2, -0.15) is 0 Å². The topological polar surface area (TPSA) is 96.4 Å². The molecule has 0 radical (unpaired) electrons. The fraction of sp³-hybridized carbons (Fsp3) is 0.500. The smallest absolute Gasteiger partial charge is 0.311 e. The molecule has 4 rings (SSSR count). The number of methoxy groups -OCH3 is 1. The van der Waals surface area contributed by atoms with Gasteiger partial charge in [-0.05, 0) is 36.6 Å². The number of amides is 2. The Morgan fingerprint density at radius 3 is 2.60 bits per heavy atom. The maximum Gasteiger partial charge on any atom is 0.311 e. The van der Waals surface area contributed by atoms with Crippen molar-refractivity contribution >= 4 is 35.2 Å². The summed E-state index contributed by atoms with van der Waals surface area (Å²) in [6.45, 7) is 9.52. The molecule has 3 saturated heterocycles. The minimum Gasteiger partial charge on any atom is -0.497 e. The number of β-amino-alcohol motifs (C(OH)–C–C–N with tert-alkyl or cyclic N) is 1. The lowest BCUT2D eigenvalue weighted by Crippen LogP contribution is -2.57. The summed E-state index contributed by atoms with van der Waals surface area (Å²) in [5.74, 6) is -1.57. The highest BCUT2D eigenvalue weighted by Crippen LogP contribution is 2.68. The van der Waals surface area contributed by atoms with E-state index in [4.69, 9.17) is 9.47 Å². The summed E-state index contributed by atoms with van der Waals surface area (Å²) in [4.78, 5) is 44.2. The van der Waals surface area contributed by atoms with Crippen molar-refractivity contribution in [3.8, 4) is 5.75 Å². The van der Waals surface area contributed by atoms with E-state index in [2.05, 4.69) is 13.2 Å². The van der Waals surface area contributed by atoms with E-state index < -0.39 is 28.6 Å². The maximum atomic E-state index is 14.3. The summed E-state index contributed by atoms with van der Waals surface area (Å²) < 4.78 is 9.84. The summed E-state index contributed by atoms with van der Waals surface area (Å²) in [6.07, 6.45) is 3.85. The van der Waals surface area contributed by atoms with Crippen LogP contribution in [0.25, 0.3) is 0 Å². The first-order valence-electron chi connectivity index (χ1n) is 11.8. The Morgan fingerprint density at radius 2 is 2.00 bits per heavy atom. The van der Waals surface area contributed by atoms with Gasteiger partial charge in [-0.1, -0.05) is 25.7 Å². The fourth-order valence-corrected chi connectivity index (χ4v) is 8.42. The highest BCUT2D eigenvalue weighted by Gasteiger charge is 2.76. The standard InChI is InChI=1S/C26H32N2O6S/c1-5-11-27(17-7-9-18(33-4)10-8-17)24(31)22-26-16(3)15-19(35-26)20(25(32)34-14-6-2)21(26)23(30)28(22)12-13-29/h5-10,16,19-22,29H,1-2,11-15H2,3-4H3/t16?,19-,20+,21-,22?,26?/m0/s1. The van der Waals surface area contributed by atoms with E-state index in [0.29, 0.717) is 17.9 Å². The van der Waals surface area contributed by atoms with Gasteiger partial charge in [-0.3, -0.25) is 14.4 Å². The number of anilines is 1. The van der Waals surface area contributed by atoms with E-state index in [9.17, 15) is 19.5 Å². The van der Waals surface area contributed by atoms with Crippen molar-refractivity contribution in [1.29, 1.82) is 0 Å². The van der Waals surface area contributed by atoms with Crippen molar-refractivity contribution < 1.29 is 29.0 Å². The molecule has 3 aliphatic heterocycles. The zero-order valence-electron chi connectivity index (χ0n) is 20.1. The number of rotatable bonds is 10. The van der Waals surface area contributed by atoms with Gasteiger partial charge in [0.1, 0.15) is 18.4 Å². The average molecular weight is 501 g/mol. The van der Waals surface area contributed by atoms with Crippen LogP contribution in [0.15, 0.2) is 49.6 Å². The quantitative estimate of drug-likeness (QED) is 0.389. The molecule has 1 N–H and O–H groups in total. The molecular weight excluding hydrogens is 468 g/mol. The summed E-state index contributed by atoms with van der Waals surface area (Å²) in [6, 6.07) is 6.31.